The van der Waals surface area contributed by atoms with Gasteiger partial charge in [0.05, 0.1) is 18.2 Å². The first-order valence-electron chi connectivity index (χ1n) is 5.82. The van der Waals surface area contributed by atoms with Gasteiger partial charge in [-0.05, 0) is 27.2 Å². The fourth-order valence-corrected chi connectivity index (χ4v) is 1.23. The molecule has 4 nitrogen and oxygen atoms in total. The lowest BCUT2D eigenvalue weighted by atomic mass is 9.94. The third kappa shape index (κ3) is 5.15. The molecule has 0 heterocycles. The van der Waals surface area contributed by atoms with Crippen LogP contribution in [0.1, 0.15) is 34.1 Å². The Labute approximate surface area is 103 Å². The van der Waals surface area contributed by atoms with E-state index in [0.717, 1.165) is 0 Å². The van der Waals surface area contributed by atoms with Crippen molar-refractivity contribution in [2.45, 2.75) is 45.8 Å². The molecule has 17 heavy (non-hydrogen) atoms. The van der Waals surface area contributed by atoms with Gasteiger partial charge < -0.3 is 15.5 Å². The molecule has 0 spiro atoms. The van der Waals surface area contributed by atoms with Crippen LogP contribution in [0.25, 0.3) is 0 Å². The first-order chi connectivity index (χ1) is 7.88. The summed E-state index contributed by atoms with van der Waals surface area (Å²) >= 11 is 0. The summed E-state index contributed by atoms with van der Waals surface area (Å²) in [6.45, 7) is 6.66. The normalized spacial score (nSPS) is 17.9. The number of allylic oxidation sites excluding steroid dienone is 3. The maximum absolute atomic E-state index is 11.7. The van der Waals surface area contributed by atoms with Gasteiger partial charge in [0.2, 0.25) is 5.91 Å². The number of aliphatic hydroxyl groups excluding tert-OH is 1. The first-order valence-corrected chi connectivity index (χ1v) is 5.82. The Balaban J connectivity index is 4.65. The van der Waals surface area contributed by atoms with E-state index >= 15 is 0 Å². The molecule has 0 saturated carbocycles. The average molecular weight is 241 g/mol. The van der Waals surface area contributed by atoms with Crippen LogP contribution in [0.2, 0.25) is 0 Å². The molecule has 1 amide bonds. The molecular formula is C13H23NO3. The molecule has 98 valence electrons. The molecule has 0 aliphatic rings. The van der Waals surface area contributed by atoms with Gasteiger partial charge in [-0.1, -0.05) is 25.2 Å². The van der Waals surface area contributed by atoms with Crippen LogP contribution in [0.15, 0.2) is 23.8 Å². The average Bonchev–Trinajstić information content (AvgIpc) is 2.32. The summed E-state index contributed by atoms with van der Waals surface area (Å²) in [5, 5.41) is 21.8. The number of carbonyl (C=O) groups is 1. The van der Waals surface area contributed by atoms with Gasteiger partial charge in [0.1, 0.15) is 0 Å². The van der Waals surface area contributed by atoms with Gasteiger partial charge in [-0.15, -0.1) is 0 Å². The van der Waals surface area contributed by atoms with Crippen molar-refractivity contribution in [1.29, 1.82) is 0 Å². The molecule has 0 aliphatic heterocycles. The lowest BCUT2D eigenvalue weighted by molar-refractivity contribution is -0.121. The second kappa shape index (κ2) is 7.25. The SMILES string of the molecule is C/C=C/C=C(\C)C(=O)N[C@H](CO)[C@@](C)(O)CC. The monoisotopic (exact) mass is 241 g/mol. The van der Waals surface area contributed by atoms with Crippen molar-refractivity contribution in [2.24, 2.45) is 0 Å². The number of hydrogen-bond acceptors (Lipinski definition) is 3. The predicted octanol–water partition coefficient (Wildman–Crippen LogP) is 1.15. The topological polar surface area (TPSA) is 69.6 Å². The minimum absolute atomic E-state index is 0.282. The van der Waals surface area contributed by atoms with Gasteiger partial charge in [0.15, 0.2) is 0 Å². The highest BCUT2D eigenvalue weighted by Gasteiger charge is 2.30. The maximum Gasteiger partial charge on any atom is 0.247 e. The Hall–Kier alpha value is -1.13. The summed E-state index contributed by atoms with van der Waals surface area (Å²) < 4.78 is 0. The van der Waals surface area contributed by atoms with Gasteiger partial charge in [0, 0.05) is 5.57 Å². The number of carbonyl (C=O) groups excluding carboxylic acids is 1. The highest BCUT2D eigenvalue weighted by molar-refractivity contribution is 5.93. The summed E-state index contributed by atoms with van der Waals surface area (Å²) in [5.41, 5.74) is -0.570. The van der Waals surface area contributed by atoms with Crippen LogP contribution in [0, 0.1) is 0 Å². The highest BCUT2D eigenvalue weighted by atomic mass is 16.3. The van der Waals surface area contributed by atoms with E-state index in [0.29, 0.717) is 12.0 Å². The van der Waals surface area contributed by atoms with Crippen LogP contribution in [0.4, 0.5) is 0 Å². The van der Waals surface area contributed by atoms with Crippen LogP contribution in [-0.4, -0.2) is 34.4 Å². The summed E-state index contributed by atoms with van der Waals surface area (Å²) in [6, 6.07) is -0.658. The lowest BCUT2D eigenvalue weighted by Gasteiger charge is -2.31. The smallest absolute Gasteiger partial charge is 0.247 e. The summed E-state index contributed by atoms with van der Waals surface area (Å²) in [4.78, 5) is 11.7. The van der Waals surface area contributed by atoms with Gasteiger partial charge >= 0.3 is 0 Å². The maximum atomic E-state index is 11.7. The van der Waals surface area contributed by atoms with Crippen molar-refractivity contribution in [3.63, 3.8) is 0 Å². The van der Waals surface area contributed by atoms with Gasteiger partial charge in [-0.25, -0.2) is 0 Å². The number of hydrogen-bond donors (Lipinski definition) is 3. The highest BCUT2D eigenvalue weighted by Crippen LogP contribution is 2.14. The zero-order valence-electron chi connectivity index (χ0n) is 11.0. The second-order valence-corrected chi connectivity index (χ2v) is 4.29. The zero-order valence-corrected chi connectivity index (χ0v) is 11.0. The minimum Gasteiger partial charge on any atom is -0.394 e. The third-order valence-electron chi connectivity index (χ3n) is 2.85. The Kier molecular flexibility index (Phi) is 6.76. The van der Waals surface area contributed by atoms with Crippen molar-refractivity contribution >= 4 is 5.91 Å². The number of amides is 1. The molecular weight excluding hydrogens is 218 g/mol. The van der Waals surface area contributed by atoms with E-state index in [9.17, 15) is 15.0 Å². The van der Waals surface area contributed by atoms with E-state index < -0.39 is 11.6 Å². The Morgan fingerprint density at radius 2 is 2.12 bits per heavy atom. The molecule has 0 aromatic carbocycles. The Morgan fingerprint density at radius 3 is 2.53 bits per heavy atom. The lowest BCUT2D eigenvalue weighted by Crippen LogP contribution is -2.53. The summed E-state index contributed by atoms with van der Waals surface area (Å²) in [5.74, 6) is -0.282. The van der Waals surface area contributed by atoms with E-state index in [2.05, 4.69) is 5.32 Å². The molecule has 0 fully saturated rings. The van der Waals surface area contributed by atoms with Crippen LogP contribution in [-0.2, 0) is 4.79 Å². The molecule has 0 radical (unpaired) electrons. The standard InChI is InChI=1S/C13H23NO3/c1-5-7-8-10(3)12(16)14-11(9-15)13(4,17)6-2/h5,7-8,11,15,17H,6,9H2,1-4H3,(H,14,16)/b7-5+,10-8+/t11-,13+/m1/s1. The largest absolute Gasteiger partial charge is 0.394 e. The number of nitrogens with one attached hydrogen (secondary N) is 1. The van der Waals surface area contributed by atoms with E-state index in [1.165, 1.54) is 0 Å². The zero-order chi connectivity index (χ0) is 13.5. The molecule has 3 N–H and O–H groups in total. The fraction of sp³-hybridized carbons (Fsp3) is 0.615. The molecule has 0 rings (SSSR count). The number of rotatable bonds is 6. The summed E-state index contributed by atoms with van der Waals surface area (Å²) in [7, 11) is 0. The van der Waals surface area contributed by atoms with Crippen molar-refractivity contribution in [3.8, 4) is 0 Å². The van der Waals surface area contributed by atoms with Crippen molar-refractivity contribution in [1.82, 2.24) is 5.32 Å². The molecule has 0 aliphatic carbocycles. The molecule has 2 atom stereocenters. The number of aliphatic hydroxyl groups is 2. The van der Waals surface area contributed by atoms with E-state index in [1.54, 1.807) is 32.9 Å². The Morgan fingerprint density at radius 1 is 1.53 bits per heavy atom. The quantitative estimate of drug-likeness (QED) is 0.482. The molecule has 0 unspecified atom stereocenters. The predicted molar refractivity (Wildman–Crippen MR) is 68.5 cm³/mol. The van der Waals surface area contributed by atoms with Gasteiger partial charge in [-0.3, -0.25) is 4.79 Å². The molecule has 0 aromatic rings. The molecule has 0 bridgehead atoms. The Bertz CT molecular complexity index is 306. The molecule has 4 heteroatoms. The van der Waals surface area contributed by atoms with Gasteiger partial charge in [0.25, 0.3) is 0 Å². The second-order valence-electron chi connectivity index (χ2n) is 4.29. The van der Waals surface area contributed by atoms with Crippen molar-refractivity contribution in [3.05, 3.63) is 23.8 Å². The van der Waals surface area contributed by atoms with Crippen molar-refractivity contribution in [2.75, 3.05) is 6.61 Å². The van der Waals surface area contributed by atoms with Crippen molar-refractivity contribution < 1.29 is 15.0 Å². The third-order valence-corrected chi connectivity index (χ3v) is 2.85. The van der Waals surface area contributed by atoms with Crippen LogP contribution in [0.3, 0.4) is 0 Å². The van der Waals surface area contributed by atoms with E-state index in [4.69, 9.17) is 0 Å². The molecule has 0 aromatic heterocycles. The van der Waals surface area contributed by atoms with Crippen LogP contribution in [0.5, 0.6) is 0 Å². The van der Waals surface area contributed by atoms with E-state index in [-0.39, 0.29) is 12.5 Å². The van der Waals surface area contributed by atoms with Crippen LogP contribution >= 0.6 is 0 Å². The minimum atomic E-state index is -1.11. The van der Waals surface area contributed by atoms with Gasteiger partial charge in [-0.2, -0.15) is 0 Å². The first kappa shape index (κ1) is 15.9. The summed E-state index contributed by atoms with van der Waals surface area (Å²) in [6.07, 6.45) is 5.73. The van der Waals surface area contributed by atoms with E-state index in [1.807, 2.05) is 13.0 Å². The molecule has 0 saturated heterocycles. The van der Waals surface area contributed by atoms with Crippen LogP contribution < -0.4 is 5.32 Å². The fourth-order valence-electron chi connectivity index (χ4n) is 1.23.